The summed E-state index contributed by atoms with van der Waals surface area (Å²) in [6, 6.07) is 8.33. The van der Waals surface area contributed by atoms with E-state index in [-0.39, 0.29) is 17.1 Å². The minimum absolute atomic E-state index is 0.194. The van der Waals surface area contributed by atoms with E-state index in [0.29, 0.717) is 17.2 Å². The number of carbonyl (C=O) groups excluding carboxylic acids is 2. The number of anilines is 1. The van der Waals surface area contributed by atoms with Crippen LogP contribution in [0, 0.1) is 0 Å². The van der Waals surface area contributed by atoms with E-state index in [0.717, 1.165) is 4.42 Å². The highest BCUT2D eigenvalue weighted by molar-refractivity contribution is 6.39. The molecule has 0 saturated heterocycles. The molecule has 0 N–H and O–H groups in total. The van der Waals surface area contributed by atoms with Crippen LogP contribution < -0.4 is 23.4 Å². The fourth-order valence-corrected chi connectivity index (χ4v) is 2.83. The van der Waals surface area contributed by atoms with Crippen molar-refractivity contribution in [1.29, 1.82) is 0 Å². The van der Waals surface area contributed by atoms with Crippen molar-refractivity contribution in [2.24, 2.45) is 10.2 Å². The zero-order chi connectivity index (χ0) is 22.3. The second kappa shape index (κ2) is 10.4. The third-order valence-electron chi connectivity index (χ3n) is 4.08. The van der Waals surface area contributed by atoms with E-state index in [1.54, 1.807) is 36.4 Å². The number of Topliss-reactive ketones (excluding diaryl/α,β-unsaturated/α-hetero) is 1. The largest absolute Gasteiger partial charge is 0.494 e. The quantitative estimate of drug-likeness (QED) is 0.336. The van der Waals surface area contributed by atoms with E-state index in [1.807, 2.05) is 0 Å². The summed E-state index contributed by atoms with van der Waals surface area (Å²) < 4.78 is 21.7. The molecular weight excluding hydrogens is 414 g/mol. The number of hydrogen-bond donors (Lipinski definition) is 0. The molecule has 1 unspecified atom stereocenters. The minimum Gasteiger partial charge on any atom is -0.494 e. The van der Waals surface area contributed by atoms with E-state index in [2.05, 4.69) is 10.2 Å². The summed E-state index contributed by atoms with van der Waals surface area (Å²) in [6.07, 6.45) is 0. The first-order valence-electron chi connectivity index (χ1n) is 8.72. The Balaban J connectivity index is 2.42. The molecule has 0 aromatic heterocycles. The zero-order valence-electron chi connectivity index (χ0n) is 17.2. The van der Waals surface area contributed by atoms with Gasteiger partial charge in [0.15, 0.2) is 23.0 Å². The third-order valence-corrected chi connectivity index (χ3v) is 4.43. The number of benzene rings is 2. The Labute approximate surface area is 179 Å². The average Bonchev–Trinajstić information content (AvgIpc) is 2.77. The number of amides is 1. The highest BCUT2D eigenvalue weighted by Gasteiger charge is 2.31. The summed E-state index contributed by atoms with van der Waals surface area (Å²) in [4.78, 5) is 25.1. The Hall–Kier alpha value is -3.33. The SMILES string of the molecule is COc1cccc(OC)c1N=NC(C(C)=O)C(=O)N(Cl)c1cccc(OC)c1OC. The van der Waals surface area contributed by atoms with Gasteiger partial charge in [-0.05, 0) is 31.2 Å². The Morgan fingerprint density at radius 3 is 1.93 bits per heavy atom. The summed E-state index contributed by atoms with van der Waals surface area (Å²) in [5.74, 6) is -0.0317. The summed E-state index contributed by atoms with van der Waals surface area (Å²) in [5, 5.41) is 7.96. The summed E-state index contributed by atoms with van der Waals surface area (Å²) >= 11 is 6.25. The monoisotopic (exact) mass is 435 g/mol. The molecule has 160 valence electrons. The second-order valence-corrected chi connectivity index (χ2v) is 6.21. The predicted molar refractivity (Wildman–Crippen MR) is 111 cm³/mol. The molecule has 2 rings (SSSR count). The van der Waals surface area contributed by atoms with Crippen LogP contribution in [0.5, 0.6) is 23.0 Å². The Bertz CT molecular complexity index is 928. The van der Waals surface area contributed by atoms with Crippen molar-refractivity contribution in [3.63, 3.8) is 0 Å². The fourth-order valence-electron chi connectivity index (χ4n) is 2.60. The van der Waals surface area contributed by atoms with Crippen molar-refractivity contribution in [3.05, 3.63) is 36.4 Å². The molecule has 2 aromatic carbocycles. The number of nitrogens with zero attached hydrogens (tertiary/aromatic N) is 3. The highest BCUT2D eigenvalue weighted by atomic mass is 35.5. The first-order valence-corrected chi connectivity index (χ1v) is 9.06. The lowest BCUT2D eigenvalue weighted by Crippen LogP contribution is -2.36. The van der Waals surface area contributed by atoms with E-state index in [9.17, 15) is 9.59 Å². The van der Waals surface area contributed by atoms with Gasteiger partial charge < -0.3 is 18.9 Å². The van der Waals surface area contributed by atoms with E-state index in [4.69, 9.17) is 30.7 Å². The topological polar surface area (TPSA) is 99.0 Å². The molecule has 0 saturated carbocycles. The number of hydrogen-bond acceptors (Lipinski definition) is 8. The van der Waals surface area contributed by atoms with E-state index >= 15 is 0 Å². The summed E-state index contributed by atoms with van der Waals surface area (Å²) in [7, 11) is 5.77. The molecule has 0 aliphatic heterocycles. The smallest absolute Gasteiger partial charge is 0.276 e. The van der Waals surface area contributed by atoms with Crippen LogP contribution in [-0.2, 0) is 9.59 Å². The van der Waals surface area contributed by atoms with Crippen LogP contribution in [0.15, 0.2) is 46.6 Å². The molecule has 10 heteroatoms. The molecular formula is C20H22ClN3O6. The molecule has 0 aliphatic carbocycles. The highest BCUT2D eigenvalue weighted by Crippen LogP contribution is 2.39. The first-order chi connectivity index (χ1) is 14.4. The molecule has 0 bridgehead atoms. The lowest BCUT2D eigenvalue weighted by atomic mass is 10.2. The Morgan fingerprint density at radius 2 is 1.43 bits per heavy atom. The van der Waals surface area contributed by atoms with Crippen LogP contribution in [0.1, 0.15) is 6.92 Å². The van der Waals surface area contributed by atoms with Crippen molar-refractivity contribution in [2.45, 2.75) is 13.0 Å². The number of azo groups is 1. The van der Waals surface area contributed by atoms with Crippen LogP contribution in [0.4, 0.5) is 11.4 Å². The molecule has 0 aliphatic rings. The maximum absolute atomic E-state index is 12.9. The molecule has 0 radical (unpaired) electrons. The van der Waals surface area contributed by atoms with Crippen molar-refractivity contribution >= 4 is 34.8 Å². The number of ether oxygens (including phenoxy) is 4. The summed E-state index contributed by atoms with van der Waals surface area (Å²) in [5.41, 5.74) is 0.432. The number of halogens is 1. The van der Waals surface area contributed by atoms with Crippen LogP contribution in [0.2, 0.25) is 0 Å². The van der Waals surface area contributed by atoms with Gasteiger partial charge in [-0.15, -0.1) is 5.11 Å². The molecule has 0 spiro atoms. The van der Waals surface area contributed by atoms with Gasteiger partial charge in [-0.3, -0.25) is 9.59 Å². The van der Waals surface area contributed by atoms with Crippen molar-refractivity contribution in [1.82, 2.24) is 0 Å². The van der Waals surface area contributed by atoms with Crippen LogP contribution in [0.25, 0.3) is 0 Å². The molecule has 1 amide bonds. The van der Waals surface area contributed by atoms with Crippen molar-refractivity contribution < 1.29 is 28.5 Å². The number of carbonyl (C=O) groups is 2. The van der Waals surface area contributed by atoms with Gasteiger partial charge in [-0.2, -0.15) is 5.11 Å². The standard InChI is InChI=1S/C20H22ClN3O6/c1-12(25)17(22-23-18-14(27-2)9-7-10-15(18)28-3)20(26)24(21)13-8-6-11-16(29-4)19(13)30-5/h6-11,17H,1-5H3. The van der Waals surface area contributed by atoms with E-state index in [1.165, 1.54) is 35.4 Å². The predicted octanol–water partition coefficient (Wildman–Crippen LogP) is 3.95. The number of para-hydroxylation sites is 1. The number of methoxy groups -OCH3 is 4. The molecule has 0 heterocycles. The van der Waals surface area contributed by atoms with Gasteiger partial charge in [0.05, 0.1) is 28.4 Å². The normalized spacial score (nSPS) is 11.7. The maximum Gasteiger partial charge on any atom is 0.276 e. The van der Waals surface area contributed by atoms with Gasteiger partial charge in [-0.1, -0.05) is 12.1 Å². The average molecular weight is 436 g/mol. The van der Waals surface area contributed by atoms with Gasteiger partial charge in [-0.25, -0.2) is 4.42 Å². The second-order valence-electron chi connectivity index (χ2n) is 5.87. The number of rotatable bonds is 9. The minimum atomic E-state index is -1.49. The van der Waals surface area contributed by atoms with E-state index < -0.39 is 17.7 Å². The zero-order valence-corrected chi connectivity index (χ0v) is 18.0. The molecule has 9 nitrogen and oxygen atoms in total. The molecule has 30 heavy (non-hydrogen) atoms. The lowest BCUT2D eigenvalue weighted by molar-refractivity contribution is -0.126. The van der Waals surface area contributed by atoms with Crippen molar-refractivity contribution in [3.8, 4) is 23.0 Å². The number of ketones is 1. The lowest BCUT2D eigenvalue weighted by Gasteiger charge is -2.20. The van der Waals surface area contributed by atoms with Crippen LogP contribution in [0.3, 0.4) is 0 Å². The maximum atomic E-state index is 12.9. The van der Waals surface area contributed by atoms with Gasteiger partial charge in [0.1, 0.15) is 17.2 Å². The van der Waals surface area contributed by atoms with Gasteiger partial charge in [0.2, 0.25) is 6.04 Å². The van der Waals surface area contributed by atoms with Gasteiger partial charge in [0.25, 0.3) is 5.91 Å². The van der Waals surface area contributed by atoms with Gasteiger partial charge in [0, 0.05) is 11.8 Å². The van der Waals surface area contributed by atoms with Crippen LogP contribution >= 0.6 is 11.8 Å². The third kappa shape index (κ3) is 4.80. The molecule has 2 aromatic rings. The van der Waals surface area contributed by atoms with Gasteiger partial charge >= 0.3 is 0 Å². The van der Waals surface area contributed by atoms with Crippen LogP contribution in [-0.4, -0.2) is 46.2 Å². The molecule has 0 fully saturated rings. The Morgan fingerprint density at radius 1 is 0.900 bits per heavy atom. The molecule has 1 atom stereocenters. The van der Waals surface area contributed by atoms with Crippen molar-refractivity contribution in [2.75, 3.05) is 32.9 Å². The fraction of sp³-hybridized carbons (Fsp3) is 0.300. The Kier molecular flexibility index (Phi) is 7.99. The summed E-state index contributed by atoms with van der Waals surface area (Å²) in [6.45, 7) is 1.22. The first kappa shape index (κ1) is 23.0.